The van der Waals surface area contributed by atoms with Crippen LogP contribution in [0.2, 0.25) is 0 Å². The molecule has 6 heteroatoms. The second-order valence-electron chi connectivity index (χ2n) is 4.46. The molecule has 6 nitrogen and oxygen atoms in total. The standard InChI is InChI=1S/C11H21N5O/c1-15-5-6-16(2)10(9-15)7-13-8-11(17)14-4-3-12/h10,13H,4-9H2,1-2H3,(H,14,17). The van der Waals surface area contributed by atoms with Gasteiger partial charge < -0.3 is 15.5 Å². The number of nitrogens with one attached hydrogen (secondary N) is 2. The van der Waals surface area contributed by atoms with E-state index in [1.165, 1.54) is 0 Å². The second-order valence-corrected chi connectivity index (χ2v) is 4.46. The van der Waals surface area contributed by atoms with Gasteiger partial charge in [0.05, 0.1) is 12.6 Å². The monoisotopic (exact) mass is 239 g/mol. The van der Waals surface area contributed by atoms with Crippen LogP contribution in [-0.2, 0) is 4.79 Å². The molecule has 1 amide bonds. The summed E-state index contributed by atoms with van der Waals surface area (Å²) in [5.74, 6) is -0.127. The molecule has 1 heterocycles. The predicted molar refractivity (Wildman–Crippen MR) is 65.4 cm³/mol. The first kappa shape index (κ1) is 13.9. The van der Waals surface area contributed by atoms with Crippen LogP contribution in [0.5, 0.6) is 0 Å². The molecule has 1 atom stereocenters. The molecule has 0 saturated carbocycles. The van der Waals surface area contributed by atoms with Gasteiger partial charge in [-0.2, -0.15) is 5.26 Å². The zero-order valence-electron chi connectivity index (χ0n) is 10.6. The molecule has 1 saturated heterocycles. The molecule has 0 spiro atoms. The molecule has 0 aromatic heterocycles. The van der Waals surface area contributed by atoms with E-state index in [1.54, 1.807) is 0 Å². The SMILES string of the molecule is CN1CCN(C)C(CNCC(=O)NCC#N)C1. The number of likely N-dealkylation sites (N-methyl/N-ethyl adjacent to an activating group) is 2. The third kappa shape index (κ3) is 5.13. The minimum atomic E-state index is -0.127. The molecule has 1 fully saturated rings. The van der Waals surface area contributed by atoms with E-state index in [9.17, 15) is 4.79 Å². The van der Waals surface area contributed by atoms with Gasteiger partial charge in [-0.25, -0.2) is 0 Å². The summed E-state index contributed by atoms with van der Waals surface area (Å²) in [6.07, 6.45) is 0. The van der Waals surface area contributed by atoms with E-state index in [2.05, 4.69) is 34.5 Å². The molecule has 0 aliphatic carbocycles. The number of nitriles is 1. The van der Waals surface area contributed by atoms with Crippen LogP contribution in [0.4, 0.5) is 0 Å². The number of carbonyl (C=O) groups excluding carboxylic acids is 1. The third-order valence-electron chi connectivity index (χ3n) is 3.01. The molecule has 2 N–H and O–H groups in total. The van der Waals surface area contributed by atoms with E-state index in [-0.39, 0.29) is 19.0 Å². The molecule has 96 valence electrons. The zero-order chi connectivity index (χ0) is 12.7. The summed E-state index contributed by atoms with van der Waals surface area (Å²) in [5, 5.41) is 13.9. The minimum Gasteiger partial charge on any atom is -0.342 e. The number of carbonyl (C=O) groups is 1. The highest BCUT2D eigenvalue weighted by Gasteiger charge is 2.21. The van der Waals surface area contributed by atoms with Gasteiger partial charge in [-0.05, 0) is 14.1 Å². The van der Waals surface area contributed by atoms with E-state index >= 15 is 0 Å². The van der Waals surface area contributed by atoms with Crippen molar-refractivity contribution in [1.29, 1.82) is 5.26 Å². The zero-order valence-corrected chi connectivity index (χ0v) is 10.6. The van der Waals surface area contributed by atoms with Gasteiger partial charge in [0, 0.05) is 32.2 Å². The van der Waals surface area contributed by atoms with Gasteiger partial charge in [-0.15, -0.1) is 0 Å². The first-order chi connectivity index (χ1) is 8.13. The van der Waals surface area contributed by atoms with Crippen molar-refractivity contribution in [2.75, 3.05) is 53.4 Å². The van der Waals surface area contributed by atoms with E-state index < -0.39 is 0 Å². The Labute approximate surface area is 103 Å². The summed E-state index contributed by atoms with van der Waals surface area (Å²) >= 11 is 0. The van der Waals surface area contributed by atoms with Crippen molar-refractivity contribution in [3.63, 3.8) is 0 Å². The van der Waals surface area contributed by atoms with Crippen LogP contribution in [0.15, 0.2) is 0 Å². The average molecular weight is 239 g/mol. The van der Waals surface area contributed by atoms with Gasteiger partial charge in [0.2, 0.25) is 5.91 Å². The van der Waals surface area contributed by atoms with Crippen LogP contribution in [0.3, 0.4) is 0 Å². The number of hydrogen-bond donors (Lipinski definition) is 2. The van der Waals surface area contributed by atoms with Gasteiger partial charge >= 0.3 is 0 Å². The van der Waals surface area contributed by atoms with Gasteiger partial charge in [-0.3, -0.25) is 9.69 Å². The molecule has 1 aliphatic heterocycles. The first-order valence-electron chi connectivity index (χ1n) is 5.86. The van der Waals surface area contributed by atoms with Crippen LogP contribution < -0.4 is 10.6 Å². The summed E-state index contributed by atoms with van der Waals surface area (Å²) in [7, 11) is 4.22. The molecule has 1 aliphatic rings. The molecular weight excluding hydrogens is 218 g/mol. The van der Waals surface area contributed by atoms with E-state index in [1.807, 2.05) is 6.07 Å². The fraction of sp³-hybridized carbons (Fsp3) is 0.818. The number of amides is 1. The summed E-state index contributed by atoms with van der Waals surface area (Å²) < 4.78 is 0. The Morgan fingerprint density at radius 3 is 2.94 bits per heavy atom. The maximum absolute atomic E-state index is 11.2. The Bertz CT molecular complexity index is 288. The van der Waals surface area contributed by atoms with Crippen molar-refractivity contribution in [3.8, 4) is 6.07 Å². The number of hydrogen-bond acceptors (Lipinski definition) is 5. The van der Waals surface area contributed by atoms with E-state index in [4.69, 9.17) is 5.26 Å². The maximum atomic E-state index is 11.2. The Morgan fingerprint density at radius 2 is 2.24 bits per heavy atom. The Kier molecular flexibility index (Phi) is 5.91. The lowest BCUT2D eigenvalue weighted by atomic mass is 10.2. The van der Waals surface area contributed by atoms with Gasteiger partial charge in [0.15, 0.2) is 0 Å². The van der Waals surface area contributed by atoms with Gasteiger partial charge in [0.1, 0.15) is 6.54 Å². The summed E-state index contributed by atoms with van der Waals surface area (Å²) in [6, 6.07) is 2.32. The molecule has 1 rings (SSSR count). The van der Waals surface area contributed by atoms with Crippen molar-refractivity contribution in [2.24, 2.45) is 0 Å². The summed E-state index contributed by atoms with van der Waals surface area (Å²) in [5.41, 5.74) is 0. The molecule has 0 aromatic carbocycles. The maximum Gasteiger partial charge on any atom is 0.234 e. The normalized spacial score (nSPS) is 22.1. The largest absolute Gasteiger partial charge is 0.342 e. The average Bonchev–Trinajstić information content (AvgIpc) is 2.31. The molecule has 0 bridgehead atoms. The van der Waals surface area contributed by atoms with Crippen LogP contribution in [-0.4, -0.2) is 75.1 Å². The van der Waals surface area contributed by atoms with E-state index in [0.717, 1.165) is 26.2 Å². The minimum absolute atomic E-state index is 0.0760. The van der Waals surface area contributed by atoms with Crippen LogP contribution in [0.1, 0.15) is 0 Å². The Morgan fingerprint density at radius 1 is 1.47 bits per heavy atom. The Hall–Kier alpha value is -1.16. The fourth-order valence-electron chi connectivity index (χ4n) is 1.87. The fourth-order valence-corrected chi connectivity index (χ4v) is 1.87. The van der Waals surface area contributed by atoms with Gasteiger partial charge in [0.25, 0.3) is 0 Å². The molecule has 17 heavy (non-hydrogen) atoms. The van der Waals surface area contributed by atoms with Crippen LogP contribution in [0.25, 0.3) is 0 Å². The van der Waals surface area contributed by atoms with Crippen molar-refractivity contribution in [2.45, 2.75) is 6.04 Å². The number of nitrogens with zero attached hydrogens (tertiary/aromatic N) is 3. The molecule has 0 aromatic rings. The second kappa shape index (κ2) is 7.22. The molecule has 1 unspecified atom stereocenters. The topological polar surface area (TPSA) is 71.4 Å². The molecule has 0 radical (unpaired) electrons. The highest BCUT2D eigenvalue weighted by atomic mass is 16.1. The van der Waals surface area contributed by atoms with Gasteiger partial charge in [-0.1, -0.05) is 0 Å². The predicted octanol–water partition coefficient (Wildman–Crippen LogP) is -1.54. The van der Waals surface area contributed by atoms with Crippen molar-refractivity contribution < 1.29 is 4.79 Å². The van der Waals surface area contributed by atoms with Crippen molar-refractivity contribution in [3.05, 3.63) is 0 Å². The highest BCUT2D eigenvalue weighted by Crippen LogP contribution is 2.04. The number of rotatable bonds is 5. The lowest BCUT2D eigenvalue weighted by Crippen LogP contribution is -2.54. The van der Waals surface area contributed by atoms with Crippen LogP contribution in [0, 0.1) is 11.3 Å². The summed E-state index contributed by atoms with van der Waals surface area (Å²) in [6.45, 7) is 4.31. The van der Waals surface area contributed by atoms with E-state index in [0.29, 0.717) is 6.04 Å². The van der Waals surface area contributed by atoms with Crippen LogP contribution >= 0.6 is 0 Å². The third-order valence-corrected chi connectivity index (χ3v) is 3.01. The number of piperazine rings is 1. The lowest BCUT2D eigenvalue weighted by molar-refractivity contribution is -0.120. The smallest absolute Gasteiger partial charge is 0.234 e. The first-order valence-corrected chi connectivity index (χ1v) is 5.86. The van der Waals surface area contributed by atoms with Crippen molar-refractivity contribution >= 4 is 5.91 Å². The lowest BCUT2D eigenvalue weighted by Gasteiger charge is -2.37. The molecular formula is C11H21N5O. The summed E-state index contributed by atoms with van der Waals surface area (Å²) in [4.78, 5) is 15.8. The van der Waals surface area contributed by atoms with Crippen molar-refractivity contribution in [1.82, 2.24) is 20.4 Å². The highest BCUT2D eigenvalue weighted by molar-refractivity contribution is 5.78. The quantitative estimate of drug-likeness (QED) is 0.569. The Balaban J connectivity index is 2.17.